The van der Waals surface area contributed by atoms with E-state index in [0.29, 0.717) is 25.8 Å². The van der Waals surface area contributed by atoms with Crippen molar-refractivity contribution in [1.82, 2.24) is 37.2 Å². The Morgan fingerprint density at radius 1 is 0.265 bits per heavy atom. The molecule has 0 aliphatic carbocycles. The highest BCUT2D eigenvalue weighted by atomic mass is 16.7. The first kappa shape index (κ1) is 121. The number of carbonyl (C=O) groups is 16. The molecule has 0 spiro atoms. The monoisotopic (exact) mass is 1960 g/mol. The van der Waals surface area contributed by atoms with Gasteiger partial charge in [0, 0.05) is 128 Å². The van der Waals surface area contributed by atoms with Crippen LogP contribution in [0.15, 0.2) is 0 Å². The molecule has 51 heteroatoms. The predicted octanol–water partition coefficient (Wildman–Crippen LogP) is -3.90. The van der Waals surface area contributed by atoms with Gasteiger partial charge in [0.15, 0.2) is 55.5 Å². The highest BCUT2D eigenvalue weighted by Gasteiger charge is 2.55. The van der Waals surface area contributed by atoms with Gasteiger partial charge in [-0.25, -0.2) is 0 Å². The summed E-state index contributed by atoms with van der Waals surface area (Å²) in [7, 11) is 0. The van der Waals surface area contributed by atoms with Crippen LogP contribution in [0.5, 0.6) is 0 Å². The van der Waals surface area contributed by atoms with E-state index in [1.807, 2.05) is 0 Å². The maximum Gasteiger partial charge on any atom is 0.303 e. The molecule has 0 aromatic carbocycles. The summed E-state index contributed by atoms with van der Waals surface area (Å²) in [6, 6.07) is -3.45. The van der Waals surface area contributed by atoms with Crippen LogP contribution in [0.2, 0.25) is 0 Å². The fourth-order valence-corrected chi connectivity index (χ4v) is 13.1. The average Bonchev–Trinajstić information content (AvgIpc) is 0.793. The van der Waals surface area contributed by atoms with E-state index in [4.69, 9.17) is 134 Å². The van der Waals surface area contributed by atoms with E-state index in [1.165, 1.54) is 20.8 Å². The second kappa shape index (κ2) is 72.1. The molecule has 0 aromatic rings. The lowest BCUT2D eigenvalue weighted by Crippen LogP contribution is -2.66. The minimum absolute atomic E-state index is 0.0219. The molecule has 0 aromatic heterocycles. The molecule has 9 N–H and O–H groups in total. The molecule has 3 fully saturated rings. The molecule has 0 saturated carbocycles. The predicted molar refractivity (Wildman–Crippen MR) is 461 cm³/mol. The minimum atomic E-state index is -1.41. The van der Waals surface area contributed by atoms with Crippen molar-refractivity contribution in [2.24, 2.45) is 5.73 Å². The largest absolute Gasteiger partial charge is 0.463 e. The maximum atomic E-state index is 13.7. The maximum absolute atomic E-state index is 13.7. The number of rotatable bonds is 75. The van der Waals surface area contributed by atoms with Crippen molar-refractivity contribution >= 4 is 95.1 Å². The zero-order valence-corrected chi connectivity index (χ0v) is 79.8. The summed E-state index contributed by atoms with van der Waals surface area (Å²) >= 11 is 0. The van der Waals surface area contributed by atoms with Gasteiger partial charge in [0.2, 0.25) is 41.4 Å². The Labute approximate surface area is 789 Å². The van der Waals surface area contributed by atoms with Crippen LogP contribution < -0.4 is 43.0 Å². The zero-order chi connectivity index (χ0) is 100. The van der Waals surface area contributed by atoms with Gasteiger partial charge in [0.05, 0.1) is 178 Å². The van der Waals surface area contributed by atoms with Crippen molar-refractivity contribution in [1.29, 1.82) is 0 Å². The number of unbranched alkanes of at least 4 members (excludes halogenated alkanes) is 2. The summed E-state index contributed by atoms with van der Waals surface area (Å²) in [5.41, 5.74) is 4.31. The van der Waals surface area contributed by atoms with Crippen molar-refractivity contribution in [3.63, 3.8) is 0 Å². The molecule has 3 rings (SSSR count). The first-order chi connectivity index (χ1) is 65.0. The molecule has 3 aliphatic rings. The Kier molecular flexibility index (Phi) is 64.1. The Morgan fingerprint density at radius 2 is 0.507 bits per heavy atom. The molecular formula is C85H142N8O43. The van der Waals surface area contributed by atoms with Crippen molar-refractivity contribution in [2.45, 2.75) is 226 Å². The number of hydrogen-bond acceptors (Lipinski definition) is 44. The van der Waals surface area contributed by atoms with Gasteiger partial charge in [-0.3, -0.25) is 76.7 Å². The van der Waals surface area contributed by atoms with Gasteiger partial charge >= 0.3 is 53.7 Å². The molecular weight excluding hydrogens is 1820 g/mol. The average molecular weight is 1960 g/mol. The van der Waals surface area contributed by atoms with Crippen LogP contribution >= 0.6 is 0 Å². The summed E-state index contributed by atoms with van der Waals surface area (Å²) in [6.45, 7) is 14.5. The van der Waals surface area contributed by atoms with Gasteiger partial charge in [-0.05, 0) is 19.4 Å². The van der Waals surface area contributed by atoms with Gasteiger partial charge < -0.3 is 171 Å². The first-order valence-corrected chi connectivity index (χ1v) is 44.8. The van der Waals surface area contributed by atoms with Crippen LogP contribution in [0.25, 0.3) is 0 Å². The van der Waals surface area contributed by atoms with E-state index >= 15 is 0 Å². The van der Waals surface area contributed by atoms with Crippen LogP contribution in [0, 0.1) is 0 Å². The van der Waals surface area contributed by atoms with E-state index in [1.54, 1.807) is 0 Å². The molecule has 3 heterocycles. The highest BCUT2D eigenvalue weighted by Crippen LogP contribution is 2.32. The Bertz CT molecular complexity index is 3230. The van der Waals surface area contributed by atoms with E-state index in [9.17, 15) is 76.7 Å². The van der Waals surface area contributed by atoms with E-state index in [2.05, 4.69) is 37.2 Å². The molecule has 3 saturated heterocycles. The quantitative estimate of drug-likeness (QED) is 0.0164. The Hall–Kier alpha value is -9.24. The molecule has 136 heavy (non-hydrogen) atoms. The number of amides is 7. The zero-order valence-electron chi connectivity index (χ0n) is 79.8. The van der Waals surface area contributed by atoms with Crippen LogP contribution in [0.3, 0.4) is 0 Å². The molecule has 0 radical (unpaired) electrons. The normalized spacial score (nSPS) is 21.7. The summed E-state index contributed by atoms with van der Waals surface area (Å²) in [5.74, 6) is -9.65. The van der Waals surface area contributed by atoms with Gasteiger partial charge in [0.25, 0.3) is 0 Å². The first-order valence-electron chi connectivity index (χ1n) is 44.8. The summed E-state index contributed by atoms with van der Waals surface area (Å²) in [6.07, 6.45) is -13.4. The Morgan fingerprint density at radius 3 is 0.743 bits per heavy atom. The minimum Gasteiger partial charge on any atom is -0.463 e. The molecule has 15 atom stereocenters. The van der Waals surface area contributed by atoms with Crippen LogP contribution in [0.4, 0.5) is 0 Å². The number of nitrogens with one attached hydrogen (secondary N) is 7. The fraction of sp³-hybridized carbons (Fsp3) is 0.812. The van der Waals surface area contributed by atoms with E-state index < -0.39 is 189 Å². The number of ether oxygens (including phenoxy) is 27. The lowest BCUT2D eigenvalue weighted by atomic mass is 9.96. The topological polar surface area (TPSA) is 633 Å². The van der Waals surface area contributed by atoms with Gasteiger partial charge in [-0.15, -0.1) is 0 Å². The van der Waals surface area contributed by atoms with E-state index in [0.717, 1.165) is 62.3 Å². The second-order valence-corrected chi connectivity index (χ2v) is 30.7. The summed E-state index contributed by atoms with van der Waals surface area (Å²) in [5, 5.41) is 19.1. The van der Waals surface area contributed by atoms with Gasteiger partial charge in [0.1, 0.15) is 61.8 Å². The van der Waals surface area contributed by atoms with Crippen molar-refractivity contribution in [3.05, 3.63) is 0 Å². The van der Waals surface area contributed by atoms with Crippen LogP contribution in [-0.2, 0) is 205 Å². The third-order valence-electron chi connectivity index (χ3n) is 18.7. The lowest BCUT2D eigenvalue weighted by molar-refractivity contribution is -0.279. The SMILES string of the molecule is CC(=O)NC1C(OCCOCCOCCOCCNC(=O)CCOCC(COCCC(=O)NCCOCCOCCOCCOC2OC(COC(C)=O)C(OC(C)=O)C(OC(C)=O)C2NC(C)=O)(COCCC(=O)NCCOCCOCCOCCOC2OC(COC(C)=O)C(OC(C)=O)C(OC(C)=O)C2NC(C)=O)NC(=O)CCCCCN)OC(COC(C)=O)C(OC(C)=O)C1OC(C)=O. The molecule has 780 valence electrons. The van der Waals surface area contributed by atoms with Crippen molar-refractivity contribution in [3.8, 4) is 0 Å². The number of esters is 9. The standard InChI is InChI=1S/C85H142N8O43/c1-54(94)90-73-79(131-63(10)103)76(128-60(7)100)66(48-125-57(4)97)134-82(73)122-45-42-116-39-36-113-33-30-110-27-21-87-69(106)17-24-119-51-85(93-72(109)16-14-13-15-20-86,52-120-25-18-70(107)88-22-28-111-31-34-114-37-40-117-43-46-123-83-74(91-55(2)95)80(132-64(11)104)77(129-61(8)101)67(135-83)49-126-58(5)98)53-121-26-19-71(108)89-23-29-112-32-35-115-38-41-118-44-47-124-84-75(92-56(3)96)81(133-65(12)105)78(130-62(9)102)68(136-84)50-127-59(6)99/h66-68,73-84H,13-53,86H2,1-12H3,(H,87,106)(H,88,107)(H,89,108)(H,90,94)(H,91,95)(H,92,96)(H,93,109). The number of hydrogen-bond donors (Lipinski definition) is 8. The summed E-state index contributed by atoms with van der Waals surface area (Å²) < 4.78 is 152. The second-order valence-electron chi connectivity index (χ2n) is 30.7. The molecule has 51 nitrogen and oxygen atoms in total. The Balaban J connectivity index is 1.51. The molecule has 3 aliphatic heterocycles. The van der Waals surface area contributed by atoms with E-state index in [-0.39, 0.29) is 247 Å². The van der Waals surface area contributed by atoms with Crippen LogP contribution in [-0.4, -0.2) is 417 Å². The van der Waals surface area contributed by atoms with Crippen molar-refractivity contribution < 1.29 is 205 Å². The third-order valence-corrected chi connectivity index (χ3v) is 18.7. The summed E-state index contributed by atoms with van der Waals surface area (Å²) in [4.78, 5) is 198. The number of carbonyl (C=O) groups excluding carboxylic acids is 16. The molecule has 0 bridgehead atoms. The molecule has 7 amide bonds. The fourth-order valence-electron chi connectivity index (χ4n) is 13.1. The molecule has 15 unspecified atom stereocenters. The van der Waals surface area contributed by atoms with Crippen molar-refractivity contribution in [2.75, 3.05) is 224 Å². The van der Waals surface area contributed by atoms with Gasteiger partial charge in [-0.1, -0.05) is 6.42 Å². The lowest BCUT2D eigenvalue weighted by Gasteiger charge is -2.44. The number of nitrogens with two attached hydrogens (primary N) is 1. The van der Waals surface area contributed by atoms with Gasteiger partial charge in [-0.2, -0.15) is 0 Å². The third kappa shape index (κ3) is 56.0. The highest BCUT2D eigenvalue weighted by molar-refractivity contribution is 5.79. The van der Waals surface area contributed by atoms with Crippen LogP contribution in [0.1, 0.15) is 128 Å². The smallest absolute Gasteiger partial charge is 0.303 e.